The Morgan fingerprint density at radius 3 is 1.92 bits per heavy atom. The summed E-state index contributed by atoms with van der Waals surface area (Å²) in [7, 11) is 2.05. The average molecular weight is 171 g/mol. The zero-order valence-corrected chi connectivity index (χ0v) is 9.35. The first-order valence-electron chi connectivity index (χ1n) is 5.32. The number of rotatable bonds is 6. The summed E-state index contributed by atoms with van der Waals surface area (Å²) in [5, 5.41) is 3.30. The van der Waals surface area contributed by atoms with E-state index in [1.807, 2.05) is 7.05 Å². The van der Waals surface area contributed by atoms with Gasteiger partial charge in [-0.25, -0.2) is 0 Å². The average Bonchev–Trinajstić information content (AvgIpc) is 2.06. The highest BCUT2D eigenvalue weighted by Crippen LogP contribution is 2.23. The predicted octanol–water partition coefficient (Wildman–Crippen LogP) is 3.06. The maximum Gasteiger partial charge on any atom is 0.00383 e. The molecule has 0 radical (unpaired) electrons. The molecule has 0 saturated heterocycles. The van der Waals surface area contributed by atoms with Crippen LogP contribution in [0.4, 0.5) is 0 Å². The highest BCUT2D eigenvalue weighted by atomic mass is 14.8. The summed E-state index contributed by atoms with van der Waals surface area (Å²) < 4.78 is 0. The molecule has 0 amide bonds. The summed E-state index contributed by atoms with van der Waals surface area (Å²) in [5.74, 6) is 1.78. The summed E-state index contributed by atoms with van der Waals surface area (Å²) in [5.41, 5.74) is 0. The van der Waals surface area contributed by atoms with E-state index >= 15 is 0 Å². The van der Waals surface area contributed by atoms with Crippen LogP contribution in [0.25, 0.3) is 0 Å². The van der Waals surface area contributed by atoms with Gasteiger partial charge >= 0.3 is 0 Å². The summed E-state index contributed by atoms with van der Waals surface area (Å²) in [4.78, 5) is 0. The van der Waals surface area contributed by atoms with E-state index in [0.29, 0.717) is 6.04 Å². The first-order chi connectivity index (χ1) is 5.65. The molecule has 0 fully saturated rings. The van der Waals surface area contributed by atoms with E-state index in [0.717, 1.165) is 11.8 Å². The van der Waals surface area contributed by atoms with Crippen LogP contribution >= 0.6 is 0 Å². The van der Waals surface area contributed by atoms with Gasteiger partial charge in [-0.2, -0.15) is 0 Å². The van der Waals surface area contributed by atoms with Crippen LogP contribution in [0, 0.1) is 11.8 Å². The van der Waals surface area contributed by atoms with Crippen LogP contribution < -0.4 is 5.32 Å². The van der Waals surface area contributed by atoms with Crippen LogP contribution in [0.15, 0.2) is 0 Å². The van der Waals surface area contributed by atoms with E-state index < -0.39 is 0 Å². The van der Waals surface area contributed by atoms with Gasteiger partial charge < -0.3 is 5.32 Å². The van der Waals surface area contributed by atoms with Gasteiger partial charge in [0.05, 0.1) is 0 Å². The van der Waals surface area contributed by atoms with Crippen molar-refractivity contribution < 1.29 is 0 Å². The van der Waals surface area contributed by atoms with Crippen LogP contribution in [0.1, 0.15) is 47.0 Å². The zero-order chi connectivity index (χ0) is 9.56. The van der Waals surface area contributed by atoms with Crippen LogP contribution in [-0.2, 0) is 0 Å². The van der Waals surface area contributed by atoms with Crippen LogP contribution in [0.3, 0.4) is 0 Å². The van der Waals surface area contributed by atoms with Gasteiger partial charge in [0.1, 0.15) is 0 Å². The lowest BCUT2D eigenvalue weighted by atomic mass is 9.85. The van der Waals surface area contributed by atoms with Crippen LogP contribution in [-0.4, -0.2) is 13.1 Å². The van der Waals surface area contributed by atoms with Crippen molar-refractivity contribution in [1.82, 2.24) is 5.32 Å². The lowest BCUT2D eigenvalue weighted by Crippen LogP contribution is -2.26. The minimum Gasteiger partial charge on any atom is -0.317 e. The lowest BCUT2D eigenvalue weighted by Gasteiger charge is -2.24. The first-order valence-corrected chi connectivity index (χ1v) is 5.32. The number of hydrogen-bond donors (Lipinski definition) is 1. The molecule has 12 heavy (non-hydrogen) atoms. The van der Waals surface area contributed by atoms with Gasteiger partial charge in [-0.15, -0.1) is 0 Å². The highest BCUT2D eigenvalue weighted by Gasteiger charge is 2.15. The predicted molar refractivity (Wildman–Crippen MR) is 56.4 cm³/mol. The Morgan fingerprint density at radius 1 is 1.08 bits per heavy atom. The minimum absolute atomic E-state index is 0.667. The first kappa shape index (κ1) is 12.0. The quantitative estimate of drug-likeness (QED) is 0.647. The van der Waals surface area contributed by atoms with E-state index in [1.54, 1.807) is 0 Å². The molecule has 0 saturated carbocycles. The monoisotopic (exact) mass is 171 g/mol. The maximum absolute atomic E-state index is 3.30. The molecule has 0 aliphatic heterocycles. The minimum atomic E-state index is 0.667. The Balaban J connectivity index is 3.75. The van der Waals surface area contributed by atoms with Crippen LogP contribution in [0.5, 0.6) is 0 Å². The number of nitrogens with one attached hydrogen (secondary N) is 1. The molecule has 0 spiro atoms. The molecule has 0 rings (SSSR count). The Kier molecular flexibility index (Phi) is 6.45. The molecule has 74 valence electrons. The van der Waals surface area contributed by atoms with Gasteiger partial charge in [0.2, 0.25) is 0 Å². The second-order valence-corrected chi connectivity index (χ2v) is 3.98. The topological polar surface area (TPSA) is 12.0 Å². The van der Waals surface area contributed by atoms with Crippen molar-refractivity contribution in [3.8, 4) is 0 Å². The zero-order valence-electron chi connectivity index (χ0n) is 9.35. The van der Waals surface area contributed by atoms with Crippen molar-refractivity contribution in [2.24, 2.45) is 11.8 Å². The molecule has 2 atom stereocenters. The van der Waals surface area contributed by atoms with Crippen molar-refractivity contribution in [2.75, 3.05) is 7.05 Å². The number of hydrogen-bond acceptors (Lipinski definition) is 1. The second-order valence-electron chi connectivity index (χ2n) is 3.98. The molecular weight excluding hydrogens is 146 g/mol. The van der Waals surface area contributed by atoms with Gasteiger partial charge in [0.25, 0.3) is 0 Å². The molecule has 0 aromatic carbocycles. The van der Waals surface area contributed by atoms with Crippen molar-refractivity contribution >= 4 is 0 Å². The van der Waals surface area contributed by atoms with E-state index in [1.165, 1.54) is 19.3 Å². The van der Waals surface area contributed by atoms with Gasteiger partial charge in [-0.1, -0.05) is 33.6 Å². The van der Waals surface area contributed by atoms with E-state index in [9.17, 15) is 0 Å². The van der Waals surface area contributed by atoms with Gasteiger partial charge in [-0.3, -0.25) is 0 Å². The summed E-state index contributed by atoms with van der Waals surface area (Å²) in [6, 6.07) is 0.667. The molecule has 0 heterocycles. The molecule has 0 aromatic heterocycles. The molecule has 0 aliphatic rings. The van der Waals surface area contributed by atoms with E-state index in [2.05, 4.69) is 33.0 Å². The third-order valence-electron chi connectivity index (χ3n) is 3.07. The summed E-state index contributed by atoms with van der Waals surface area (Å²) in [6.45, 7) is 9.24. The Bertz CT molecular complexity index is 97.2. The molecule has 1 heteroatoms. The Labute approximate surface area is 77.9 Å². The van der Waals surface area contributed by atoms with Crippen molar-refractivity contribution in [3.63, 3.8) is 0 Å². The summed E-state index contributed by atoms with van der Waals surface area (Å²) in [6.07, 6.45) is 3.96. The fourth-order valence-corrected chi connectivity index (χ4v) is 1.96. The van der Waals surface area contributed by atoms with Gasteiger partial charge in [0.15, 0.2) is 0 Å². The highest BCUT2D eigenvalue weighted by molar-refractivity contribution is 4.69. The standard InChI is InChI=1S/C11H25N/c1-6-11(7-2)9(3)8-10(4)12-5/h9-12H,6-8H2,1-5H3. The maximum atomic E-state index is 3.30. The molecule has 1 nitrogen and oxygen atoms in total. The van der Waals surface area contributed by atoms with Crippen molar-refractivity contribution in [1.29, 1.82) is 0 Å². The molecular formula is C11H25N. The largest absolute Gasteiger partial charge is 0.317 e. The fourth-order valence-electron chi connectivity index (χ4n) is 1.96. The van der Waals surface area contributed by atoms with E-state index in [4.69, 9.17) is 0 Å². The normalized spacial score (nSPS) is 16.5. The molecule has 0 aliphatic carbocycles. The van der Waals surface area contributed by atoms with Crippen molar-refractivity contribution in [2.45, 2.75) is 53.0 Å². The molecule has 0 aromatic rings. The molecule has 0 bridgehead atoms. The SMILES string of the molecule is CCC(CC)C(C)CC(C)NC. The van der Waals surface area contributed by atoms with Gasteiger partial charge in [0, 0.05) is 6.04 Å². The fraction of sp³-hybridized carbons (Fsp3) is 1.00. The van der Waals surface area contributed by atoms with Crippen molar-refractivity contribution in [3.05, 3.63) is 0 Å². The molecule has 2 unspecified atom stereocenters. The lowest BCUT2D eigenvalue weighted by molar-refractivity contribution is 0.294. The Hall–Kier alpha value is -0.0400. The second kappa shape index (κ2) is 6.47. The third kappa shape index (κ3) is 4.10. The van der Waals surface area contributed by atoms with Crippen LogP contribution in [0.2, 0.25) is 0 Å². The van der Waals surface area contributed by atoms with Gasteiger partial charge in [-0.05, 0) is 32.2 Å². The Morgan fingerprint density at radius 2 is 1.58 bits per heavy atom. The van der Waals surface area contributed by atoms with E-state index in [-0.39, 0.29) is 0 Å². The molecule has 1 N–H and O–H groups in total. The third-order valence-corrected chi connectivity index (χ3v) is 3.07. The smallest absolute Gasteiger partial charge is 0.00383 e. The summed E-state index contributed by atoms with van der Waals surface area (Å²) >= 11 is 0.